The Balaban J connectivity index is 1.79. The molecule has 1 N–H and O–H groups in total. The van der Waals surface area contributed by atoms with Gasteiger partial charge in [-0.1, -0.05) is 61.5 Å². The number of ketones is 1. The van der Waals surface area contributed by atoms with E-state index in [0.717, 1.165) is 18.6 Å². The van der Waals surface area contributed by atoms with Gasteiger partial charge in [-0.3, -0.25) is 9.59 Å². The van der Waals surface area contributed by atoms with Crippen LogP contribution in [0, 0.1) is 0 Å². The third-order valence-corrected chi connectivity index (χ3v) is 5.84. The number of Topliss-reactive ketones (excluding diaryl/α,β-unsaturated/α-hetero) is 1. The second-order valence-corrected chi connectivity index (χ2v) is 8.41. The van der Waals surface area contributed by atoms with Gasteiger partial charge in [-0.15, -0.1) is 0 Å². The number of ether oxygens (including phenoxy) is 1. The molecule has 0 bridgehead atoms. The minimum absolute atomic E-state index is 0.134. The van der Waals surface area contributed by atoms with Crippen molar-refractivity contribution in [1.82, 2.24) is 4.90 Å². The minimum Gasteiger partial charge on any atom is -0.507 e. The molecule has 8 heteroatoms. The fourth-order valence-corrected chi connectivity index (χ4v) is 4.18. The number of aliphatic hydroxyl groups excluding tert-OH is 1. The zero-order chi connectivity index (χ0) is 25.9. The quantitative estimate of drug-likeness (QED) is 0.244. The topological polar surface area (TPSA) is 66.8 Å². The lowest BCUT2D eigenvalue weighted by molar-refractivity contribution is -0.140. The van der Waals surface area contributed by atoms with Crippen LogP contribution < -0.4 is 4.74 Å². The molecule has 1 aliphatic heterocycles. The summed E-state index contributed by atoms with van der Waals surface area (Å²) < 4.78 is 45.3. The number of likely N-dealkylation sites (tertiary alicyclic amines) is 1. The Kier molecular flexibility index (Phi) is 7.15. The molecule has 3 aromatic rings. The van der Waals surface area contributed by atoms with E-state index in [4.69, 9.17) is 4.74 Å². The molecule has 1 unspecified atom stereocenters. The van der Waals surface area contributed by atoms with Gasteiger partial charge in [-0.2, -0.15) is 13.2 Å². The molecule has 186 valence electrons. The van der Waals surface area contributed by atoms with Crippen molar-refractivity contribution in [3.05, 3.63) is 107 Å². The molecule has 5 nitrogen and oxygen atoms in total. The molecule has 0 spiro atoms. The van der Waals surface area contributed by atoms with Gasteiger partial charge in [-0.25, -0.2) is 0 Å². The van der Waals surface area contributed by atoms with Crippen LogP contribution in [0.5, 0.6) is 5.75 Å². The Bertz CT molecular complexity index is 1300. The highest BCUT2D eigenvalue weighted by Gasteiger charge is 2.46. The van der Waals surface area contributed by atoms with E-state index >= 15 is 0 Å². The molecule has 1 amide bonds. The van der Waals surface area contributed by atoms with Crippen LogP contribution in [0.1, 0.15) is 41.6 Å². The fraction of sp³-hybridized carbons (Fsp3) is 0.214. The lowest BCUT2D eigenvalue weighted by Gasteiger charge is -2.25. The van der Waals surface area contributed by atoms with E-state index in [0.29, 0.717) is 23.5 Å². The molecule has 3 aromatic carbocycles. The predicted octanol–water partition coefficient (Wildman–Crippen LogP) is 6.12. The van der Waals surface area contributed by atoms with Gasteiger partial charge in [0, 0.05) is 12.1 Å². The maximum atomic E-state index is 13.2. The Labute approximate surface area is 206 Å². The molecule has 0 saturated carbocycles. The lowest BCUT2D eigenvalue weighted by Crippen LogP contribution is -2.29. The number of benzene rings is 3. The van der Waals surface area contributed by atoms with Crippen LogP contribution in [-0.4, -0.2) is 28.3 Å². The molecule has 36 heavy (non-hydrogen) atoms. The zero-order valence-corrected chi connectivity index (χ0v) is 19.5. The van der Waals surface area contributed by atoms with E-state index in [-0.39, 0.29) is 23.4 Å². The van der Waals surface area contributed by atoms with Crippen LogP contribution in [0.2, 0.25) is 0 Å². The normalized spacial score (nSPS) is 17.4. The van der Waals surface area contributed by atoms with E-state index < -0.39 is 29.5 Å². The molecule has 1 atom stereocenters. The van der Waals surface area contributed by atoms with Gasteiger partial charge in [-0.05, 0) is 41.8 Å². The van der Waals surface area contributed by atoms with Gasteiger partial charge >= 0.3 is 6.18 Å². The lowest BCUT2D eigenvalue weighted by atomic mass is 9.95. The van der Waals surface area contributed by atoms with Gasteiger partial charge in [0.25, 0.3) is 11.7 Å². The van der Waals surface area contributed by atoms with Crippen molar-refractivity contribution in [2.75, 3.05) is 6.61 Å². The second kappa shape index (κ2) is 10.3. The van der Waals surface area contributed by atoms with Crippen LogP contribution in [0.3, 0.4) is 0 Å². The second-order valence-electron chi connectivity index (χ2n) is 8.41. The van der Waals surface area contributed by atoms with Crippen LogP contribution in [0.4, 0.5) is 13.2 Å². The number of halogens is 3. The van der Waals surface area contributed by atoms with Crippen molar-refractivity contribution < 1.29 is 32.6 Å². The number of rotatable bonds is 7. The van der Waals surface area contributed by atoms with Crippen LogP contribution in [-0.2, 0) is 22.3 Å². The summed E-state index contributed by atoms with van der Waals surface area (Å²) in [5, 5.41) is 11.2. The maximum Gasteiger partial charge on any atom is 0.416 e. The summed E-state index contributed by atoms with van der Waals surface area (Å²) in [4.78, 5) is 27.5. The van der Waals surface area contributed by atoms with E-state index in [2.05, 4.69) is 0 Å². The van der Waals surface area contributed by atoms with Crippen molar-refractivity contribution in [3.8, 4) is 5.75 Å². The number of carbonyl (C=O) groups excluding carboxylic acids is 2. The monoisotopic (exact) mass is 495 g/mol. The van der Waals surface area contributed by atoms with Crippen molar-refractivity contribution in [3.63, 3.8) is 0 Å². The van der Waals surface area contributed by atoms with Gasteiger partial charge in [0.1, 0.15) is 11.5 Å². The molecule has 0 aromatic heterocycles. The van der Waals surface area contributed by atoms with E-state index in [9.17, 15) is 27.9 Å². The summed E-state index contributed by atoms with van der Waals surface area (Å²) in [6.07, 6.45) is -3.77. The first kappa shape index (κ1) is 25.0. The standard InChI is InChI=1S/C28H24F3NO4/c1-2-14-36-22-13-7-11-20(16-22)25(33)23-24(19-9-4-3-5-10-19)32(27(35)26(23)34)17-18-8-6-12-21(15-18)28(29,30)31/h3-13,15-16,24,33H,2,14,17H2,1H3/b25-23+. The van der Waals surface area contributed by atoms with Crippen LogP contribution in [0.25, 0.3) is 5.76 Å². The van der Waals surface area contributed by atoms with Gasteiger partial charge in [0.05, 0.1) is 23.8 Å². The number of hydrogen-bond acceptors (Lipinski definition) is 4. The third-order valence-electron chi connectivity index (χ3n) is 5.84. The average Bonchev–Trinajstić information content (AvgIpc) is 3.12. The van der Waals surface area contributed by atoms with E-state index in [1.807, 2.05) is 6.92 Å². The molecule has 1 aliphatic rings. The molecule has 0 radical (unpaired) electrons. The number of aliphatic hydroxyl groups is 1. The fourth-order valence-electron chi connectivity index (χ4n) is 4.18. The number of nitrogens with zero attached hydrogens (tertiary/aromatic N) is 1. The van der Waals surface area contributed by atoms with Crippen molar-refractivity contribution in [1.29, 1.82) is 0 Å². The average molecular weight is 495 g/mol. The Morgan fingerprint density at radius 2 is 1.69 bits per heavy atom. The summed E-state index contributed by atoms with van der Waals surface area (Å²) in [5.74, 6) is -1.69. The Morgan fingerprint density at radius 1 is 0.972 bits per heavy atom. The first-order valence-electron chi connectivity index (χ1n) is 11.4. The van der Waals surface area contributed by atoms with E-state index in [1.54, 1.807) is 54.6 Å². The first-order chi connectivity index (χ1) is 17.2. The Hall–Kier alpha value is -4.07. The number of hydrogen-bond donors (Lipinski definition) is 1. The molecule has 0 aliphatic carbocycles. The summed E-state index contributed by atoms with van der Waals surface area (Å²) in [5.41, 5.74) is 0.0652. The largest absolute Gasteiger partial charge is 0.507 e. The van der Waals surface area contributed by atoms with Gasteiger partial charge < -0.3 is 14.7 Å². The predicted molar refractivity (Wildman–Crippen MR) is 128 cm³/mol. The summed E-state index contributed by atoms with van der Waals surface area (Å²) >= 11 is 0. The smallest absolute Gasteiger partial charge is 0.416 e. The van der Waals surface area contributed by atoms with Crippen molar-refractivity contribution in [2.45, 2.75) is 32.1 Å². The minimum atomic E-state index is -4.55. The highest BCUT2D eigenvalue weighted by molar-refractivity contribution is 6.46. The first-order valence-corrected chi connectivity index (χ1v) is 11.4. The van der Waals surface area contributed by atoms with Crippen molar-refractivity contribution >= 4 is 17.4 Å². The summed E-state index contributed by atoms with van der Waals surface area (Å²) in [6, 6.07) is 18.8. The molecular weight excluding hydrogens is 471 g/mol. The summed E-state index contributed by atoms with van der Waals surface area (Å²) in [7, 11) is 0. The third kappa shape index (κ3) is 5.12. The highest BCUT2D eigenvalue weighted by Crippen LogP contribution is 2.41. The molecule has 4 rings (SSSR count). The SMILES string of the molecule is CCCOc1cccc(/C(O)=C2\C(=O)C(=O)N(Cc3cccc(C(F)(F)F)c3)C2c2ccccc2)c1. The summed E-state index contributed by atoms with van der Waals surface area (Å²) in [6.45, 7) is 2.18. The van der Waals surface area contributed by atoms with Crippen LogP contribution >= 0.6 is 0 Å². The molecular formula is C28H24F3NO4. The molecule has 1 fully saturated rings. The van der Waals surface area contributed by atoms with Gasteiger partial charge in [0.2, 0.25) is 0 Å². The maximum absolute atomic E-state index is 13.2. The van der Waals surface area contributed by atoms with Gasteiger partial charge in [0.15, 0.2) is 0 Å². The van der Waals surface area contributed by atoms with Crippen LogP contribution in [0.15, 0.2) is 84.4 Å². The van der Waals surface area contributed by atoms with E-state index in [1.165, 1.54) is 17.0 Å². The number of amides is 1. The number of carbonyl (C=O) groups is 2. The Morgan fingerprint density at radius 3 is 2.39 bits per heavy atom. The zero-order valence-electron chi connectivity index (χ0n) is 19.5. The molecule has 1 heterocycles. The molecule has 1 saturated heterocycles. The highest BCUT2D eigenvalue weighted by atomic mass is 19.4. The number of alkyl halides is 3. The van der Waals surface area contributed by atoms with Crippen molar-refractivity contribution in [2.24, 2.45) is 0 Å².